The normalized spacial score (nSPS) is 13.2. The smallest absolute Gasteiger partial charge is 0.344 e. The third kappa shape index (κ3) is 4.65. The summed E-state index contributed by atoms with van der Waals surface area (Å²) in [6.45, 7) is 0. The van der Waals surface area contributed by atoms with E-state index in [0.717, 1.165) is 5.56 Å². The maximum Gasteiger partial charge on any atom is 0.471 e. The first-order valence-corrected chi connectivity index (χ1v) is 5.44. The zero-order chi connectivity index (χ0) is 12.9. The highest BCUT2D eigenvalue weighted by Gasteiger charge is 2.39. The molecule has 2 nitrogen and oxygen atoms in total. The Bertz CT molecular complexity index is 367. The molecule has 0 fully saturated rings. The molecular formula is C11H11ClF3NO. The van der Waals surface area contributed by atoms with Crippen LogP contribution in [0.4, 0.5) is 13.2 Å². The van der Waals surface area contributed by atoms with Crippen LogP contribution in [0.1, 0.15) is 5.56 Å². The van der Waals surface area contributed by atoms with Crippen LogP contribution in [0.15, 0.2) is 30.3 Å². The third-order valence-corrected chi connectivity index (χ3v) is 2.48. The lowest BCUT2D eigenvalue weighted by molar-refractivity contribution is -0.174. The van der Waals surface area contributed by atoms with Crippen molar-refractivity contribution in [2.24, 2.45) is 0 Å². The van der Waals surface area contributed by atoms with Gasteiger partial charge in [0.15, 0.2) is 0 Å². The van der Waals surface area contributed by atoms with Crippen LogP contribution in [0.2, 0.25) is 0 Å². The number of carbonyl (C=O) groups excluding carboxylic acids is 1. The second kappa shape index (κ2) is 5.91. The summed E-state index contributed by atoms with van der Waals surface area (Å²) in [6.07, 6.45) is -4.60. The largest absolute Gasteiger partial charge is 0.471 e. The van der Waals surface area contributed by atoms with E-state index in [1.165, 1.54) is 0 Å². The molecule has 94 valence electrons. The molecule has 6 heteroatoms. The number of nitrogens with one attached hydrogen (secondary N) is 1. The summed E-state index contributed by atoms with van der Waals surface area (Å²) >= 11 is 5.53. The predicted octanol–water partition coefficient (Wildman–Crippen LogP) is 2.52. The van der Waals surface area contributed by atoms with Gasteiger partial charge in [0.1, 0.15) is 0 Å². The molecule has 1 N–H and O–H groups in total. The van der Waals surface area contributed by atoms with Crippen molar-refractivity contribution in [3.8, 4) is 0 Å². The van der Waals surface area contributed by atoms with Crippen molar-refractivity contribution in [1.29, 1.82) is 0 Å². The van der Waals surface area contributed by atoms with Gasteiger partial charge in [-0.1, -0.05) is 30.3 Å². The van der Waals surface area contributed by atoms with E-state index >= 15 is 0 Å². The Balaban J connectivity index is 2.59. The SMILES string of the molecule is O=C(N[C@H](CCl)Cc1ccccc1)C(F)(F)F. The minimum atomic E-state index is -4.87. The Kier molecular flexibility index (Phi) is 4.81. The Morgan fingerprint density at radius 1 is 1.29 bits per heavy atom. The molecule has 0 saturated carbocycles. The maximum atomic E-state index is 12.0. The minimum absolute atomic E-state index is 0.0727. The molecule has 0 saturated heterocycles. The molecule has 0 radical (unpaired) electrons. The summed E-state index contributed by atoms with van der Waals surface area (Å²) < 4.78 is 36.1. The topological polar surface area (TPSA) is 29.1 Å². The van der Waals surface area contributed by atoms with E-state index in [4.69, 9.17) is 11.6 Å². The van der Waals surface area contributed by atoms with Crippen molar-refractivity contribution in [2.45, 2.75) is 18.6 Å². The minimum Gasteiger partial charge on any atom is -0.344 e. The van der Waals surface area contributed by atoms with Crippen LogP contribution in [-0.2, 0) is 11.2 Å². The van der Waals surface area contributed by atoms with Gasteiger partial charge in [-0.3, -0.25) is 4.79 Å². The van der Waals surface area contributed by atoms with Crippen molar-refractivity contribution >= 4 is 17.5 Å². The maximum absolute atomic E-state index is 12.0. The third-order valence-electron chi connectivity index (χ3n) is 2.10. The van der Waals surface area contributed by atoms with Crippen molar-refractivity contribution in [3.63, 3.8) is 0 Å². The monoisotopic (exact) mass is 265 g/mol. The highest BCUT2D eigenvalue weighted by Crippen LogP contribution is 2.15. The average molecular weight is 266 g/mol. The van der Waals surface area contributed by atoms with Gasteiger partial charge in [-0.2, -0.15) is 13.2 Å². The molecule has 0 bridgehead atoms. The molecule has 1 rings (SSSR count). The summed E-state index contributed by atoms with van der Waals surface area (Å²) in [4.78, 5) is 10.7. The van der Waals surface area contributed by atoms with Crippen LogP contribution in [0.3, 0.4) is 0 Å². The van der Waals surface area contributed by atoms with Gasteiger partial charge in [0.25, 0.3) is 0 Å². The molecule has 1 aromatic rings. The highest BCUT2D eigenvalue weighted by atomic mass is 35.5. The molecule has 0 spiro atoms. The lowest BCUT2D eigenvalue weighted by atomic mass is 10.1. The molecule has 0 aliphatic carbocycles. The summed E-state index contributed by atoms with van der Waals surface area (Å²) in [7, 11) is 0. The first kappa shape index (κ1) is 13.8. The van der Waals surface area contributed by atoms with Crippen molar-refractivity contribution in [1.82, 2.24) is 5.32 Å². The van der Waals surface area contributed by atoms with E-state index in [9.17, 15) is 18.0 Å². The summed E-state index contributed by atoms with van der Waals surface area (Å²) in [5, 5.41) is 1.86. The second-order valence-electron chi connectivity index (χ2n) is 3.51. The van der Waals surface area contributed by atoms with Gasteiger partial charge in [-0.05, 0) is 12.0 Å². The lowest BCUT2D eigenvalue weighted by Crippen LogP contribution is -2.45. The number of benzene rings is 1. The number of hydrogen-bond donors (Lipinski definition) is 1. The number of amides is 1. The Morgan fingerprint density at radius 2 is 1.88 bits per heavy atom. The molecular weight excluding hydrogens is 255 g/mol. The fraction of sp³-hybridized carbons (Fsp3) is 0.364. The average Bonchev–Trinajstić information content (AvgIpc) is 2.28. The van der Waals surface area contributed by atoms with Gasteiger partial charge in [-0.25, -0.2) is 0 Å². The van der Waals surface area contributed by atoms with Gasteiger partial charge >= 0.3 is 12.1 Å². The molecule has 17 heavy (non-hydrogen) atoms. The first-order chi connectivity index (χ1) is 7.93. The number of rotatable bonds is 4. The lowest BCUT2D eigenvalue weighted by Gasteiger charge is -2.17. The Hall–Kier alpha value is -1.23. The van der Waals surface area contributed by atoms with Crippen LogP contribution in [0.25, 0.3) is 0 Å². The molecule has 0 aliphatic heterocycles. The van der Waals surface area contributed by atoms with Crippen LogP contribution in [-0.4, -0.2) is 24.0 Å². The van der Waals surface area contributed by atoms with E-state index in [1.54, 1.807) is 30.3 Å². The Morgan fingerprint density at radius 3 is 2.35 bits per heavy atom. The fourth-order valence-electron chi connectivity index (χ4n) is 1.31. The number of hydrogen-bond acceptors (Lipinski definition) is 1. The fourth-order valence-corrected chi connectivity index (χ4v) is 1.50. The van der Waals surface area contributed by atoms with Gasteiger partial charge in [0.05, 0.1) is 0 Å². The van der Waals surface area contributed by atoms with E-state index in [-0.39, 0.29) is 12.3 Å². The van der Waals surface area contributed by atoms with Crippen LogP contribution in [0, 0.1) is 0 Å². The standard InChI is InChI=1S/C11H11ClF3NO/c12-7-9(16-10(17)11(13,14)15)6-8-4-2-1-3-5-8/h1-5,9H,6-7H2,(H,16,17)/t9-/m0/s1. The molecule has 0 aromatic heterocycles. The molecule has 1 atom stereocenters. The molecule has 0 aliphatic rings. The van der Waals surface area contributed by atoms with E-state index in [1.807, 2.05) is 5.32 Å². The highest BCUT2D eigenvalue weighted by molar-refractivity contribution is 6.18. The second-order valence-corrected chi connectivity index (χ2v) is 3.82. The van der Waals surface area contributed by atoms with E-state index in [2.05, 4.69) is 0 Å². The predicted molar refractivity (Wildman–Crippen MR) is 58.9 cm³/mol. The number of alkyl halides is 4. The molecule has 0 unspecified atom stereocenters. The first-order valence-electron chi connectivity index (χ1n) is 4.91. The van der Waals surface area contributed by atoms with Gasteiger partial charge in [0.2, 0.25) is 0 Å². The van der Waals surface area contributed by atoms with E-state index < -0.39 is 18.1 Å². The van der Waals surface area contributed by atoms with Crippen molar-refractivity contribution in [2.75, 3.05) is 5.88 Å². The quantitative estimate of drug-likeness (QED) is 0.833. The van der Waals surface area contributed by atoms with Gasteiger partial charge < -0.3 is 5.32 Å². The zero-order valence-electron chi connectivity index (χ0n) is 8.80. The summed E-state index contributed by atoms with van der Waals surface area (Å²) in [5.74, 6) is -2.03. The zero-order valence-corrected chi connectivity index (χ0v) is 9.55. The molecule has 1 amide bonds. The van der Waals surface area contributed by atoms with Crippen molar-refractivity contribution in [3.05, 3.63) is 35.9 Å². The van der Waals surface area contributed by atoms with Crippen molar-refractivity contribution < 1.29 is 18.0 Å². The van der Waals surface area contributed by atoms with E-state index in [0.29, 0.717) is 0 Å². The van der Waals surface area contributed by atoms with Crippen LogP contribution < -0.4 is 5.32 Å². The Labute approximate surface area is 102 Å². The van der Waals surface area contributed by atoms with Gasteiger partial charge in [0, 0.05) is 11.9 Å². The molecule has 1 aromatic carbocycles. The number of halogens is 4. The molecule has 0 heterocycles. The summed E-state index contributed by atoms with van der Waals surface area (Å²) in [6, 6.07) is 8.14. The summed E-state index contributed by atoms with van der Waals surface area (Å²) in [5.41, 5.74) is 0.820. The number of carbonyl (C=O) groups is 1. The van der Waals surface area contributed by atoms with Crippen LogP contribution >= 0.6 is 11.6 Å². The van der Waals surface area contributed by atoms with Gasteiger partial charge in [-0.15, -0.1) is 11.6 Å². The van der Waals surface area contributed by atoms with Crippen LogP contribution in [0.5, 0.6) is 0 Å².